The zero-order chi connectivity index (χ0) is 10.0. The summed E-state index contributed by atoms with van der Waals surface area (Å²) in [4.78, 5) is 0. The van der Waals surface area contributed by atoms with Crippen LogP contribution in [0.1, 0.15) is 11.6 Å². The molecule has 0 spiro atoms. The molecule has 0 fully saturated rings. The van der Waals surface area contributed by atoms with Crippen LogP contribution in [0.5, 0.6) is 0 Å². The van der Waals surface area contributed by atoms with Crippen LogP contribution in [0.3, 0.4) is 0 Å². The van der Waals surface area contributed by atoms with E-state index in [1.54, 1.807) is 0 Å². The van der Waals surface area contributed by atoms with Crippen molar-refractivity contribution < 1.29 is 9.50 Å². The summed E-state index contributed by atoms with van der Waals surface area (Å²) in [7, 11) is 0. The van der Waals surface area contributed by atoms with Gasteiger partial charge < -0.3 is 16.6 Å². The molecular formula is C8H10ClFN2O. The quantitative estimate of drug-likeness (QED) is 0.631. The smallest absolute Gasteiger partial charge is 0.164 e. The summed E-state index contributed by atoms with van der Waals surface area (Å²) >= 11 is 5.63. The van der Waals surface area contributed by atoms with E-state index in [0.717, 1.165) is 0 Å². The molecule has 0 unspecified atom stereocenters. The molecule has 0 aliphatic heterocycles. The zero-order valence-corrected chi connectivity index (χ0v) is 7.55. The third kappa shape index (κ3) is 1.91. The standard InChI is InChI=1S/C8H10ClFN2O/c9-7-4(6(12)3-13)1-2-5(11)8(7)10/h1-2,6,13H,3,11-12H2/t6-/m0/s1. The number of hydrogen-bond donors (Lipinski definition) is 3. The van der Waals surface area contributed by atoms with Crippen molar-refractivity contribution in [3.63, 3.8) is 0 Å². The summed E-state index contributed by atoms with van der Waals surface area (Å²) in [5, 5.41) is 8.61. The maximum Gasteiger partial charge on any atom is 0.164 e. The monoisotopic (exact) mass is 204 g/mol. The normalized spacial score (nSPS) is 12.9. The van der Waals surface area contributed by atoms with Gasteiger partial charge in [-0.1, -0.05) is 17.7 Å². The molecule has 5 N–H and O–H groups in total. The van der Waals surface area contributed by atoms with Crippen LogP contribution >= 0.6 is 11.6 Å². The summed E-state index contributed by atoms with van der Waals surface area (Å²) in [6.45, 7) is -0.289. The lowest BCUT2D eigenvalue weighted by Gasteiger charge is -2.11. The molecule has 5 heteroatoms. The Morgan fingerprint density at radius 1 is 1.54 bits per heavy atom. The third-order valence-electron chi connectivity index (χ3n) is 1.74. The van der Waals surface area contributed by atoms with Gasteiger partial charge in [-0.25, -0.2) is 4.39 Å². The summed E-state index contributed by atoms with van der Waals surface area (Å²) in [6, 6.07) is 2.19. The Morgan fingerprint density at radius 2 is 2.15 bits per heavy atom. The topological polar surface area (TPSA) is 72.3 Å². The second-order valence-corrected chi connectivity index (χ2v) is 3.04. The fraction of sp³-hybridized carbons (Fsp3) is 0.250. The molecule has 72 valence electrons. The first kappa shape index (κ1) is 10.2. The molecule has 1 aromatic carbocycles. The molecule has 1 rings (SSSR count). The molecule has 13 heavy (non-hydrogen) atoms. The van der Waals surface area contributed by atoms with E-state index in [2.05, 4.69) is 0 Å². The molecule has 0 radical (unpaired) electrons. The van der Waals surface area contributed by atoms with Crippen LogP contribution < -0.4 is 11.5 Å². The highest BCUT2D eigenvalue weighted by Crippen LogP contribution is 2.27. The van der Waals surface area contributed by atoms with Gasteiger partial charge in [0.05, 0.1) is 23.4 Å². The number of benzene rings is 1. The highest BCUT2D eigenvalue weighted by atomic mass is 35.5. The Morgan fingerprint density at radius 3 is 2.69 bits per heavy atom. The highest BCUT2D eigenvalue weighted by Gasteiger charge is 2.14. The van der Waals surface area contributed by atoms with Crippen LogP contribution in [-0.4, -0.2) is 11.7 Å². The van der Waals surface area contributed by atoms with Gasteiger partial charge in [0, 0.05) is 0 Å². The van der Waals surface area contributed by atoms with E-state index >= 15 is 0 Å². The van der Waals surface area contributed by atoms with Crippen molar-refractivity contribution in [1.29, 1.82) is 0 Å². The predicted molar refractivity (Wildman–Crippen MR) is 49.8 cm³/mol. The second-order valence-electron chi connectivity index (χ2n) is 2.66. The van der Waals surface area contributed by atoms with Crippen LogP contribution in [-0.2, 0) is 0 Å². The maximum absolute atomic E-state index is 13.1. The molecular weight excluding hydrogens is 195 g/mol. The molecule has 0 aliphatic carbocycles. The first-order valence-corrected chi connectivity index (χ1v) is 4.05. The van der Waals surface area contributed by atoms with E-state index in [4.69, 9.17) is 28.2 Å². The minimum Gasteiger partial charge on any atom is -0.396 e. The Bertz CT molecular complexity index is 319. The third-order valence-corrected chi connectivity index (χ3v) is 2.12. The highest BCUT2D eigenvalue weighted by molar-refractivity contribution is 6.31. The number of nitrogen functional groups attached to an aromatic ring is 1. The molecule has 0 bridgehead atoms. The van der Waals surface area contributed by atoms with Gasteiger partial charge >= 0.3 is 0 Å². The molecule has 0 saturated heterocycles. The van der Waals surface area contributed by atoms with Gasteiger partial charge in [-0.3, -0.25) is 0 Å². The number of anilines is 1. The lowest BCUT2D eigenvalue weighted by atomic mass is 10.1. The van der Waals surface area contributed by atoms with E-state index in [9.17, 15) is 4.39 Å². The molecule has 0 heterocycles. The summed E-state index contributed by atoms with van der Waals surface area (Å²) in [5.41, 5.74) is 11.1. The van der Waals surface area contributed by atoms with Crippen molar-refractivity contribution in [2.75, 3.05) is 12.3 Å². The van der Waals surface area contributed by atoms with Crippen molar-refractivity contribution in [3.8, 4) is 0 Å². The van der Waals surface area contributed by atoms with Gasteiger partial charge in [-0.05, 0) is 11.6 Å². The lowest BCUT2D eigenvalue weighted by molar-refractivity contribution is 0.268. The zero-order valence-electron chi connectivity index (χ0n) is 6.80. The SMILES string of the molecule is Nc1ccc([C@@H](N)CO)c(Cl)c1F. The average molecular weight is 205 g/mol. The van der Waals surface area contributed by atoms with E-state index in [0.29, 0.717) is 5.56 Å². The number of rotatable bonds is 2. The lowest BCUT2D eigenvalue weighted by Crippen LogP contribution is -2.15. The van der Waals surface area contributed by atoms with E-state index in [1.165, 1.54) is 12.1 Å². The van der Waals surface area contributed by atoms with Gasteiger partial charge in [-0.15, -0.1) is 0 Å². The Balaban J connectivity index is 3.18. The number of aliphatic hydroxyl groups is 1. The van der Waals surface area contributed by atoms with Crippen LogP contribution in [0, 0.1) is 5.82 Å². The minimum absolute atomic E-state index is 0.0288. The van der Waals surface area contributed by atoms with Crippen molar-refractivity contribution in [1.82, 2.24) is 0 Å². The average Bonchev–Trinajstić information content (AvgIpc) is 2.13. The molecule has 1 atom stereocenters. The van der Waals surface area contributed by atoms with Crippen molar-refractivity contribution in [3.05, 3.63) is 28.5 Å². The van der Waals surface area contributed by atoms with Gasteiger partial charge in [0.25, 0.3) is 0 Å². The van der Waals surface area contributed by atoms with Crippen LogP contribution in [0.2, 0.25) is 5.02 Å². The molecule has 0 amide bonds. The second kappa shape index (κ2) is 3.91. The van der Waals surface area contributed by atoms with Gasteiger partial charge in [-0.2, -0.15) is 0 Å². The predicted octanol–water partition coefficient (Wildman–Crippen LogP) is 1.05. The van der Waals surface area contributed by atoms with E-state index in [1.807, 2.05) is 0 Å². The molecule has 1 aromatic rings. The Labute approximate surface area is 80.1 Å². The number of hydrogen-bond acceptors (Lipinski definition) is 3. The van der Waals surface area contributed by atoms with Gasteiger partial charge in [0.15, 0.2) is 5.82 Å². The summed E-state index contributed by atoms with van der Waals surface area (Å²) in [5.74, 6) is -0.692. The molecule has 0 aliphatic rings. The van der Waals surface area contributed by atoms with Crippen molar-refractivity contribution >= 4 is 17.3 Å². The fourth-order valence-electron chi connectivity index (χ4n) is 0.964. The number of aliphatic hydroxyl groups excluding tert-OH is 1. The largest absolute Gasteiger partial charge is 0.396 e. The first-order chi connectivity index (χ1) is 6.07. The molecule has 0 aromatic heterocycles. The van der Waals surface area contributed by atoms with Crippen LogP contribution in [0.25, 0.3) is 0 Å². The Kier molecular flexibility index (Phi) is 3.08. The van der Waals surface area contributed by atoms with Crippen LogP contribution in [0.4, 0.5) is 10.1 Å². The van der Waals surface area contributed by atoms with Crippen LogP contribution in [0.15, 0.2) is 12.1 Å². The van der Waals surface area contributed by atoms with E-state index in [-0.39, 0.29) is 17.3 Å². The molecule has 3 nitrogen and oxygen atoms in total. The summed E-state index contributed by atoms with van der Waals surface area (Å²) in [6.07, 6.45) is 0. The van der Waals surface area contributed by atoms with Crippen molar-refractivity contribution in [2.45, 2.75) is 6.04 Å². The van der Waals surface area contributed by atoms with Gasteiger partial charge in [0.2, 0.25) is 0 Å². The Hall–Kier alpha value is -0.840. The van der Waals surface area contributed by atoms with E-state index < -0.39 is 11.9 Å². The summed E-state index contributed by atoms with van der Waals surface area (Å²) < 4.78 is 13.1. The van der Waals surface area contributed by atoms with Crippen molar-refractivity contribution in [2.24, 2.45) is 5.73 Å². The number of nitrogens with two attached hydrogens (primary N) is 2. The number of halogens is 2. The van der Waals surface area contributed by atoms with Gasteiger partial charge in [0.1, 0.15) is 0 Å². The maximum atomic E-state index is 13.1. The molecule has 0 saturated carbocycles. The minimum atomic E-state index is -0.692. The fourth-order valence-corrected chi connectivity index (χ4v) is 1.28. The first-order valence-electron chi connectivity index (χ1n) is 3.67.